The second-order valence-corrected chi connectivity index (χ2v) is 22.1. The third kappa shape index (κ3) is 15.1. The summed E-state index contributed by atoms with van der Waals surface area (Å²) in [5.41, 5.74) is 24.1. The van der Waals surface area contributed by atoms with Gasteiger partial charge in [0.2, 0.25) is 0 Å². The van der Waals surface area contributed by atoms with E-state index in [2.05, 4.69) is 16.0 Å². The van der Waals surface area contributed by atoms with Gasteiger partial charge in [0.05, 0.1) is 54.8 Å². The smallest absolute Gasteiger partial charge is 0.255 e. The number of nitrogen functional groups attached to an aromatic ring is 3. The van der Waals surface area contributed by atoms with E-state index in [0.29, 0.717) is 77.6 Å². The zero-order chi connectivity index (χ0) is 67.3. The zero-order valence-electron chi connectivity index (χ0n) is 50.3. The third-order valence-corrected chi connectivity index (χ3v) is 15.9. The van der Waals surface area contributed by atoms with Crippen LogP contribution in [0.1, 0.15) is 127 Å². The number of rotatable bonds is 9. The number of hydrogen-bond donors (Lipinski definition) is 6. The van der Waals surface area contributed by atoms with Crippen LogP contribution in [0.2, 0.25) is 10.0 Å². The summed E-state index contributed by atoms with van der Waals surface area (Å²) in [6.07, 6.45) is 0. The second kappa shape index (κ2) is 31.2. The van der Waals surface area contributed by atoms with Crippen molar-refractivity contribution in [3.8, 4) is 5.75 Å². The molecular weight excluding hydrogens is 1300 g/mol. The van der Waals surface area contributed by atoms with Crippen molar-refractivity contribution in [2.45, 2.75) is 0 Å². The van der Waals surface area contributed by atoms with E-state index < -0.39 is 5.24 Å². The summed E-state index contributed by atoms with van der Waals surface area (Å²) < 4.78 is 5.68. The number of carbonyl (C=O) groups is 9. The second-order valence-electron chi connectivity index (χ2n) is 20.9. The highest BCUT2D eigenvalue weighted by atomic mass is 35.5. The number of ether oxygens (including phenoxy) is 1. The minimum Gasteiger partial charge on any atom is -0.473 e. The van der Waals surface area contributed by atoms with Crippen LogP contribution >= 0.6 is 47.2 Å². The maximum atomic E-state index is 13.5. The Hall–Kier alpha value is -11.8. The van der Waals surface area contributed by atoms with Gasteiger partial charge in [0.25, 0.3) is 17.1 Å². The number of hydrogen-bond acceptors (Lipinski definition) is 14. The Bertz CT molecular complexity index is 4760. The van der Waals surface area contributed by atoms with E-state index in [1.807, 2.05) is 60.7 Å². The van der Waals surface area contributed by atoms with Crippen LogP contribution in [0.15, 0.2) is 255 Å². The normalized spacial score (nSPS) is 11.6. The van der Waals surface area contributed by atoms with Crippen molar-refractivity contribution in [1.82, 2.24) is 0 Å². The molecule has 0 unspecified atom stereocenters. The third-order valence-electron chi connectivity index (χ3n) is 15.0. The van der Waals surface area contributed by atoms with Gasteiger partial charge in [-0.1, -0.05) is 193 Å². The first-order valence-electron chi connectivity index (χ1n) is 29.1. The fourth-order valence-electron chi connectivity index (χ4n) is 10.5. The fraction of sp³-hybridized carbons (Fsp3) is 0.0132. The number of amides is 2. The molecule has 0 saturated heterocycles. The topological polar surface area (TPSA) is 277 Å². The minimum atomic E-state index is -0.407. The molecule has 0 aromatic heterocycles. The molecule has 9 N–H and O–H groups in total. The number of nitrogens with one attached hydrogen (secondary N) is 3. The van der Waals surface area contributed by atoms with Crippen LogP contribution in [0.5, 0.6) is 5.75 Å². The van der Waals surface area contributed by atoms with E-state index in [9.17, 15) is 43.2 Å². The Balaban J connectivity index is 0.000000154. The molecule has 0 bridgehead atoms. The molecule has 11 aromatic rings. The van der Waals surface area contributed by atoms with Crippen molar-refractivity contribution in [2.24, 2.45) is 0 Å². The number of anilines is 6. The number of nitrogens with two attached hydrogens (primary N) is 3. The maximum Gasteiger partial charge on any atom is 0.255 e. The number of ketones is 6. The van der Waals surface area contributed by atoms with E-state index in [1.54, 1.807) is 194 Å². The maximum absolute atomic E-state index is 13.5. The Labute approximate surface area is 571 Å². The van der Waals surface area contributed by atoms with Crippen molar-refractivity contribution in [3.05, 3.63) is 348 Å². The Kier molecular flexibility index (Phi) is 22.3. The van der Waals surface area contributed by atoms with E-state index in [4.69, 9.17) is 56.7 Å². The van der Waals surface area contributed by atoms with Gasteiger partial charge in [-0.15, -0.1) is 12.4 Å². The summed E-state index contributed by atoms with van der Waals surface area (Å²) in [5.74, 6) is -1.76. The van der Waals surface area contributed by atoms with Gasteiger partial charge in [-0.25, -0.2) is 0 Å². The lowest BCUT2D eigenvalue weighted by atomic mass is 9.82. The first-order chi connectivity index (χ1) is 45.9. The van der Waals surface area contributed by atoms with Crippen molar-refractivity contribution < 1.29 is 47.9 Å². The van der Waals surface area contributed by atoms with Crippen molar-refractivity contribution in [3.63, 3.8) is 0 Å². The largest absolute Gasteiger partial charge is 0.473 e. The average Bonchev–Trinajstić information content (AvgIpc) is 0.782. The van der Waals surface area contributed by atoms with Gasteiger partial charge in [-0.2, -0.15) is 0 Å². The highest BCUT2D eigenvalue weighted by Gasteiger charge is 2.36. The molecule has 0 fully saturated rings. The summed E-state index contributed by atoms with van der Waals surface area (Å²) in [6, 6.07) is 71.9. The lowest BCUT2D eigenvalue weighted by Crippen LogP contribution is -2.25. The Morgan fingerprint density at radius 1 is 0.323 bits per heavy atom. The highest BCUT2D eigenvalue weighted by molar-refractivity contribution is 6.67. The Morgan fingerprint density at radius 2 is 0.594 bits per heavy atom. The molecule has 476 valence electrons. The molecule has 2 amide bonds. The molecule has 96 heavy (non-hydrogen) atoms. The van der Waals surface area contributed by atoms with E-state index >= 15 is 0 Å². The van der Waals surface area contributed by atoms with E-state index in [-0.39, 0.29) is 121 Å². The first kappa shape index (κ1) is 68.6. The molecule has 0 aliphatic heterocycles. The van der Waals surface area contributed by atoms with Crippen LogP contribution in [0.25, 0.3) is 0 Å². The number of carbonyl (C=O) groups excluding carboxylic acids is 9. The van der Waals surface area contributed by atoms with Gasteiger partial charge in [-0.05, 0) is 96.5 Å². The summed E-state index contributed by atoms with van der Waals surface area (Å²) in [6.45, 7) is 0.127. The minimum absolute atomic E-state index is 0. The van der Waals surface area contributed by atoms with Gasteiger partial charge >= 0.3 is 0 Å². The molecule has 0 saturated carbocycles. The van der Waals surface area contributed by atoms with Crippen LogP contribution in [-0.4, -0.2) is 58.5 Å². The van der Waals surface area contributed by atoms with Crippen LogP contribution in [-0.2, 0) is 0 Å². The molecule has 3 aliphatic rings. The lowest BCUT2D eigenvalue weighted by Gasteiger charge is -2.23. The predicted octanol–water partition coefficient (Wildman–Crippen LogP) is 15.6. The summed E-state index contributed by atoms with van der Waals surface area (Å²) in [4.78, 5) is 113. The molecule has 0 atom stereocenters. The molecule has 0 heterocycles. The summed E-state index contributed by atoms with van der Waals surface area (Å²) in [5, 5.41) is 9.44. The highest BCUT2D eigenvalue weighted by Crippen LogP contribution is 2.38. The SMILES string of the molecule is Cl.Clc1ccccc1Cl.Nc1cccc2c1C(=O)c1cccc(N)c1C2=O.Nc1cccc2c1C(=O)c1cccc(NC(=O)c3ccccc3)c1C2=O.O=C(Cl)c1ccccc1.O=C(Nc1cccc2c1C(=O)c1cccc(NCOc3ccccc3)c1C2=O)c1ccccc1. The van der Waals surface area contributed by atoms with Gasteiger partial charge in [0, 0.05) is 72.8 Å². The van der Waals surface area contributed by atoms with Crippen molar-refractivity contribution in [1.29, 1.82) is 0 Å². The van der Waals surface area contributed by atoms with Crippen LogP contribution in [0.3, 0.4) is 0 Å². The average molecular weight is 1350 g/mol. The van der Waals surface area contributed by atoms with E-state index in [0.717, 1.165) is 0 Å². The zero-order valence-corrected chi connectivity index (χ0v) is 53.4. The van der Waals surface area contributed by atoms with Gasteiger partial charge < -0.3 is 37.9 Å². The van der Waals surface area contributed by atoms with Gasteiger partial charge in [-0.3, -0.25) is 43.2 Å². The molecule has 11 aromatic carbocycles. The number of halogens is 4. The molecule has 0 spiro atoms. The quantitative estimate of drug-likeness (QED) is 0.0445. The van der Waals surface area contributed by atoms with Crippen molar-refractivity contribution in [2.75, 3.05) is 39.9 Å². The van der Waals surface area contributed by atoms with E-state index in [1.165, 1.54) is 0 Å². The molecule has 0 radical (unpaired) electrons. The Morgan fingerprint density at radius 3 is 0.917 bits per heavy atom. The van der Waals surface area contributed by atoms with Gasteiger partial charge in [0.1, 0.15) is 5.75 Å². The number of para-hydroxylation sites is 1. The molecule has 3 aliphatic carbocycles. The number of fused-ring (bicyclic) bond motifs is 6. The summed E-state index contributed by atoms with van der Waals surface area (Å²) in [7, 11) is 0. The first-order valence-corrected chi connectivity index (χ1v) is 30.2. The molecule has 20 heteroatoms. The monoisotopic (exact) mass is 1350 g/mol. The van der Waals surface area contributed by atoms with Crippen LogP contribution in [0.4, 0.5) is 34.1 Å². The molecule has 16 nitrogen and oxygen atoms in total. The molecular formula is C76H54Cl4N6O10. The standard InChI is InChI=1S/C28H20N2O4.C21H14N2O3.C14H10N2O2.C7H5ClO.C6H4Cl2.ClH/c31-26-21-14-8-16-23(30-28(33)18-9-3-1-4-10-18)25(21)27(32)20-13-7-15-22(24(20)26)29-17-34-19-11-5-2-6-12-19;22-15-10-4-8-13-17(15)19(24)14-9-5-11-16(18(14)20(13)25)23-21(26)12-6-2-1-3-7-12;15-9-5-1-3-7-11(9)14(18)8-4-2-6-10(16)12(8)13(7)17;8-7(9)6-4-2-1-3-5-6;7-5-3-1-2-4-6(5)8;/h1-16,29H,17H2,(H,30,33);1-11H,22H2,(H,23,26);1-6H,15-16H2;1-5H;1-4H;1H. The number of benzene rings is 11. The molecule has 14 rings (SSSR count). The van der Waals surface area contributed by atoms with Crippen LogP contribution < -0.4 is 37.9 Å². The van der Waals surface area contributed by atoms with Gasteiger partial charge in [0.15, 0.2) is 41.4 Å². The van der Waals surface area contributed by atoms with Crippen LogP contribution in [0, 0.1) is 0 Å². The summed E-state index contributed by atoms with van der Waals surface area (Å²) >= 11 is 16.3. The van der Waals surface area contributed by atoms with Crippen molar-refractivity contribution >= 4 is 133 Å². The lowest BCUT2D eigenvalue weighted by molar-refractivity contribution is 0.0979. The predicted molar refractivity (Wildman–Crippen MR) is 377 cm³/mol. The fourth-order valence-corrected chi connectivity index (χ4v) is 10.8.